The highest BCUT2D eigenvalue weighted by molar-refractivity contribution is 7.84. The molecule has 1 saturated heterocycles. The Morgan fingerprint density at radius 2 is 2.44 bits per heavy atom. The maximum Gasteiger partial charge on any atom is 0.129 e. The summed E-state index contributed by atoms with van der Waals surface area (Å²) in [7, 11) is -0.791. The van der Waals surface area contributed by atoms with Gasteiger partial charge < -0.3 is 5.32 Å². The molecule has 0 aliphatic carbocycles. The van der Waals surface area contributed by atoms with Gasteiger partial charge >= 0.3 is 0 Å². The van der Waals surface area contributed by atoms with Gasteiger partial charge in [0, 0.05) is 22.7 Å². The van der Waals surface area contributed by atoms with E-state index in [9.17, 15) is 4.21 Å². The lowest BCUT2D eigenvalue weighted by Crippen LogP contribution is -2.15. The quantitative estimate of drug-likeness (QED) is 0.834. The molecule has 2 atom stereocenters. The second-order valence-electron chi connectivity index (χ2n) is 4.10. The van der Waals surface area contributed by atoms with Crippen LogP contribution in [0.3, 0.4) is 0 Å². The van der Waals surface area contributed by atoms with E-state index < -0.39 is 10.8 Å². The van der Waals surface area contributed by atoms with Crippen LogP contribution in [0.4, 0.5) is 0 Å². The van der Waals surface area contributed by atoms with E-state index >= 15 is 0 Å². The highest BCUT2D eigenvalue weighted by Crippen LogP contribution is 2.12. The fourth-order valence-corrected chi connectivity index (χ4v) is 3.44. The maximum atomic E-state index is 11.9. The van der Waals surface area contributed by atoms with E-state index in [1.807, 2.05) is 6.07 Å². The van der Waals surface area contributed by atoms with Crippen LogP contribution in [0.1, 0.15) is 12.0 Å². The van der Waals surface area contributed by atoms with Gasteiger partial charge in [-0.1, -0.05) is 17.7 Å². The van der Waals surface area contributed by atoms with Crippen molar-refractivity contribution in [1.82, 2.24) is 10.3 Å². The zero-order chi connectivity index (χ0) is 11.4. The van der Waals surface area contributed by atoms with E-state index in [1.165, 1.54) is 0 Å². The first kappa shape index (κ1) is 12.0. The number of halogens is 1. The maximum absolute atomic E-state index is 11.9. The lowest BCUT2D eigenvalue weighted by Gasteiger charge is -2.07. The summed E-state index contributed by atoms with van der Waals surface area (Å²) in [6, 6.07) is 3.63. The summed E-state index contributed by atoms with van der Waals surface area (Å²) in [5, 5.41) is 3.77. The van der Waals surface area contributed by atoms with E-state index in [1.54, 1.807) is 12.3 Å². The van der Waals surface area contributed by atoms with Crippen molar-refractivity contribution in [3.63, 3.8) is 0 Å². The third kappa shape index (κ3) is 3.54. The minimum Gasteiger partial charge on any atom is -0.316 e. The zero-order valence-corrected chi connectivity index (χ0v) is 10.6. The molecule has 16 heavy (non-hydrogen) atoms. The van der Waals surface area contributed by atoms with Crippen molar-refractivity contribution in [2.24, 2.45) is 5.92 Å². The number of nitrogens with zero attached hydrogens (tertiary/aromatic N) is 1. The fourth-order valence-electron chi connectivity index (χ4n) is 1.86. The Bertz CT molecular complexity index is 363. The van der Waals surface area contributed by atoms with Crippen LogP contribution in [0.2, 0.25) is 5.15 Å². The second kappa shape index (κ2) is 5.75. The number of hydrogen-bond acceptors (Lipinski definition) is 3. The van der Waals surface area contributed by atoms with Crippen molar-refractivity contribution in [3.05, 3.63) is 29.0 Å². The van der Waals surface area contributed by atoms with E-state index in [-0.39, 0.29) is 0 Å². The standard InChI is InChI=1S/C11H15ClN2OS/c12-11-2-1-9(6-14-11)7-16(15)8-10-3-4-13-5-10/h1-2,6,10,13H,3-5,7-8H2/t10-,16-/m1/s1. The van der Waals surface area contributed by atoms with Gasteiger partial charge in [0.25, 0.3) is 0 Å². The Morgan fingerprint density at radius 1 is 1.56 bits per heavy atom. The Hall–Kier alpha value is -0.450. The van der Waals surface area contributed by atoms with Crippen molar-refractivity contribution >= 4 is 22.4 Å². The second-order valence-corrected chi connectivity index (χ2v) is 5.99. The van der Waals surface area contributed by atoms with Gasteiger partial charge in [0.15, 0.2) is 0 Å². The van der Waals surface area contributed by atoms with Crippen molar-refractivity contribution < 1.29 is 4.21 Å². The van der Waals surface area contributed by atoms with E-state index in [2.05, 4.69) is 10.3 Å². The topological polar surface area (TPSA) is 42.0 Å². The number of nitrogens with one attached hydrogen (secondary N) is 1. The Balaban J connectivity index is 1.84. The molecular weight excluding hydrogens is 244 g/mol. The van der Waals surface area contributed by atoms with Crippen molar-refractivity contribution in [2.45, 2.75) is 12.2 Å². The highest BCUT2D eigenvalue weighted by Gasteiger charge is 2.17. The molecule has 0 radical (unpaired) electrons. The molecule has 0 saturated carbocycles. The van der Waals surface area contributed by atoms with Crippen LogP contribution in [0.5, 0.6) is 0 Å². The minimum absolute atomic E-state index is 0.481. The van der Waals surface area contributed by atoms with Gasteiger partial charge in [0.1, 0.15) is 5.15 Å². The molecule has 1 N–H and O–H groups in total. The van der Waals surface area contributed by atoms with Gasteiger partial charge in [-0.25, -0.2) is 4.98 Å². The molecule has 0 bridgehead atoms. The van der Waals surface area contributed by atoms with Crippen LogP contribution in [-0.4, -0.2) is 28.0 Å². The van der Waals surface area contributed by atoms with Gasteiger partial charge in [-0.2, -0.15) is 0 Å². The molecule has 1 aromatic heterocycles. The normalized spacial score (nSPS) is 22.2. The van der Waals surface area contributed by atoms with Gasteiger partial charge in [-0.3, -0.25) is 4.21 Å². The van der Waals surface area contributed by atoms with E-state index in [0.29, 0.717) is 16.8 Å². The molecule has 1 aliphatic rings. The third-order valence-corrected chi connectivity index (χ3v) is 4.42. The molecule has 0 amide bonds. The summed E-state index contributed by atoms with van der Waals surface area (Å²) in [4.78, 5) is 3.98. The Kier molecular flexibility index (Phi) is 4.32. The summed E-state index contributed by atoms with van der Waals surface area (Å²) < 4.78 is 11.9. The Morgan fingerprint density at radius 3 is 3.06 bits per heavy atom. The van der Waals surface area contributed by atoms with E-state index in [0.717, 1.165) is 30.8 Å². The molecular formula is C11H15ClN2OS. The largest absolute Gasteiger partial charge is 0.316 e. The van der Waals surface area contributed by atoms with Crippen molar-refractivity contribution in [2.75, 3.05) is 18.8 Å². The SMILES string of the molecule is O=[S@](Cc1ccc(Cl)nc1)C[C@@H]1CCNC1. The van der Waals surface area contributed by atoms with E-state index in [4.69, 9.17) is 11.6 Å². The average molecular weight is 259 g/mol. The molecule has 1 fully saturated rings. The van der Waals surface area contributed by atoms with Gasteiger partial charge in [0.2, 0.25) is 0 Å². The van der Waals surface area contributed by atoms with Crippen LogP contribution in [0.15, 0.2) is 18.3 Å². The first-order valence-electron chi connectivity index (χ1n) is 5.40. The lowest BCUT2D eigenvalue weighted by molar-refractivity contribution is 0.632. The first-order valence-corrected chi connectivity index (χ1v) is 7.27. The monoisotopic (exact) mass is 258 g/mol. The number of pyridine rings is 1. The average Bonchev–Trinajstić information content (AvgIpc) is 2.74. The Labute approximate surface area is 103 Å². The number of aromatic nitrogens is 1. The molecule has 2 rings (SSSR count). The molecule has 88 valence electrons. The smallest absolute Gasteiger partial charge is 0.129 e. The number of rotatable bonds is 4. The highest BCUT2D eigenvalue weighted by atomic mass is 35.5. The zero-order valence-electron chi connectivity index (χ0n) is 8.99. The summed E-state index contributed by atoms with van der Waals surface area (Å²) in [6.07, 6.45) is 2.84. The molecule has 0 spiro atoms. The predicted molar refractivity (Wildman–Crippen MR) is 66.9 cm³/mol. The third-order valence-electron chi connectivity index (χ3n) is 2.70. The summed E-state index contributed by atoms with van der Waals surface area (Å²) in [6.45, 7) is 2.06. The summed E-state index contributed by atoms with van der Waals surface area (Å²) in [5.41, 5.74) is 0.994. The van der Waals surface area contributed by atoms with Crippen LogP contribution in [0.25, 0.3) is 0 Å². The van der Waals surface area contributed by atoms with Gasteiger partial charge in [-0.05, 0) is 37.1 Å². The molecule has 1 aliphatic heterocycles. The van der Waals surface area contributed by atoms with Crippen LogP contribution in [-0.2, 0) is 16.6 Å². The van der Waals surface area contributed by atoms with Crippen molar-refractivity contribution in [1.29, 1.82) is 0 Å². The van der Waals surface area contributed by atoms with Crippen LogP contribution >= 0.6 is 11.6 Å². The first-order chi connectivity index (χ1) is 7.74. The summed E-state index contributed by atoms with van der Waals surface area (Å²) in [5.74, 6) is 1.94. The van der Waals surface area contributed by atoms with Crippen LogP contribution in [0, 0.1) is 5.92 Å². The van der Waals surface area contributed by atoms with Crippen LogP contribution < -0.4 is 5.32 Å². The lowest BCUT2D eigenvalue weighted by atomic mass is 10.2. The van der Waals surface area contributed by atoms with Crippen molar-refractivity contribution in [3.8, 4) is 0 Å². The number of hydrogen-bond donors (Lipinski definition) is 1. The molecule has 1 aromatic rings. The molecule has 3 nitrogen and oxygen atoms in total. The minimum atomic E-state index is -0.791. The molecule has 0 aromatic carbocycles. The molecule has 0 unspecified atom stereocenters. The van der Waals surface area contributed by atoms with Gasteiger partial charge in [0.05, 0.1) is 5.75 Å². The summed E-state index contributed by atoms with van der Waals surface area (Å²) >= 11 is 5.69. The molecule has 2 heterocycles. The molecule has 5 heteroatoms. The predicted octanol–water partition coefficient (Wildman–Crippen LogP) is 1.59. The fraction of sp³-hybridized carbons (Fsp3) is 0.545. The van der Waals surface area contributed by atoms with Gasteiger partial charge in [-0.15, -0.1) is 0 Å².